The topological polar surface area (TPSA) is 65.7 Å². The smallest absolute Gasteiger partial charge is 0.192 e. The first kappa shape index (κ1) is 21.4. The summed E-state index contributed by atoms with van der Waals surface area (Å²) >= 11 is 3.26. The van der Waals surface area contributed by atoms with E-state index in [1.54, 1.807) is 36.4 Å². The first-order valence-electron chi connectivity index (χ1n) is 10.4. The molecule has 0 bridgehead atoms. The Morgan fingerprint density at radius 2 is 1.82 bits per heavy atom. The van der Waals surface area contributed by atoms with Crippen LogP contribution in [0.3, 0.4) is 0 Å². The number of rotatable bonds is 8. The lowest BCUT2D eigenvalue weighted by molar-refractivity contribution is 0.416. The maximum Gasteiger partial charge on any atom is 0.192 e. The summed E-state index contributed by atoms with van der Waals surface area (Å²) in [7, 11) is 1.68. The minimum Gasteiger partial charge on any atom is -0.496 e. The summed E-state index contributed by atoms with van der Waals surface area (Å²) < 4.78 is 7.63. The number of pyridine rings is 1. The summed E-state index contributed by atoms with van der Waals surface area (Å²) in [6.07, 6.45) is 3.58. The van der Waals surface area contributed by atoms with Gasteiger partial charge < -0.3 is 4.74 Å². The molecule has 0 fully saturated rings. The fourth-order valence-electron chi connectivity index (χ4n) is 3.47. The second kappa shape index (κ2) is 9.97. The summed E-state index contributed by atoms with van der Waals surface area (Å²) in [5, 5.41) is 12.9. The molecule has 0 aliphatic heterocycles. The lowest BCUT2D eigenvalue weighted by Gasteiger charge is -2.10. The molecular formula is C25H21N5OS2. The molecule has 0 atom stereocenters. The number of benzene rings is 2. The predicted octanol–water partition coefficient (Wildman–Crippen LogP) is 5.81. The van der Waals surface area contributed by atoms with E-state index in [2.05, 4.69) is 37.3 Å². The minimum absolute atomic E-state index is 0.684. The molecule has 6 nitrogen and oxygen atoms in total. The van der Waals surface area contributed by atoms with Gasteiger partial charge in [0.1, 0.15) is 10.8 Å². The van der Waals surface area contributed by atoms with Crippen LogP contribution in [0.15, 0.2) is 89.7 Å². The number of thioether (sulfide) groups is 1. The average molecular weight is 472 g/mol. The fourth-order valence-corrected chi connectivity index (χ4v) is 5.25. The van der Waals surface area contributed by atoms with E-state index in [-0.39, 0.29) is 0 Å². The molecule has 0 amide bonds. The number of para-hydroxylation sites is 1. The van der Waals surface area contributed by atoms with Crippen LogP contribution in [0.25, 0.3) is 22.0 Å². The van der Waals surface area contributed by atoms with E-state index in [1.807, 2.05) is 60.8 Å². The van der Waals surface area contributed by atoms with E-state index in [9.17, 15) is 0 Å². The Hall–Kier alpha value is -3.49. The van der Waals surface area contributed by atoms with E-state index >= 15 is 0 Å². The van der Waals surface area contributed by atoms with Crippen LogP contribution >= 0.6 is 23.1 Å². The first-order chi connectivity index (χ1) is 16.3. The number of hydrogen-bond donors (Lipinski definition) is 0. The Morgan fingerprint density at radius 1 is 0.970 bits per heavy atom. The molecule has 0 saturated carbocycles. The zero-order valence-corrected chi connectivity index (χ0v) is 19.6. The summed E-state index contributed by atoms with van der Waals surface area (Å²) in [6.45, 7) is 0.684. The molecule has 0 saturated heterocycles. The standard InChI is InChI=1S/C25H21N5OS2/c1-31-22-12-6-5-11-21(22)24-27-20(16-32-24)17-33-25-29-28-23(19-10-7-13-26-14-19)30(25)15-18-8-3-2-4-9-18/h2-14,16H,15,17H2,1H3. The van der Waals surface area contributed by atoms with Crippen molar-refractivity contribution in [3.05, 3.63) is 95.8 Å². The highest BCUT2D eigenvalue weighted by atomic mass is 32.2. The number of aromatic nitrogens is 5. The minimum atomic E-state index is 0.684. The van der Waals surface area contributed by atoms with Gasteiger partial charge in [-0.2, -0.15) is 0 Å². The zero-order chi connectivity index (χ0) is 22.5. The number of nitrogens with zero attached hydrogens (tertiary/aromatic N) is 5. The summed E-state index contributed by atoms with van der Waals surface area (Å²) in [5.74, 6) is 2.34. The van der Waals surface area contributed by atoms with Crippen LogP contribution in [-0.2, 0) is 12.3 Å². The largest absolute Gasteiger partial charge is 0.496 e. The highest BCUT2D eigenvalue weighted by molar-refractivity contribution is 7.98. The van der Waals surface area contributed by atoms with Crippen LogP contribution in [0.2, 0.25) is 0 Å². The SMILES string of the molecule is COc1ccccc1-c1nc(CSc2nnc(-c3cccnc3)n2Cc2ccccc2)cs1. The van der Waals surface area contributed by atoms with Crippen LogP contribution in [0.5, 0.6) is 5.75 Å². The van der Waals surface area contributed by atoms with Crippen molar-refractivity contribution < 1.29 is 4.74 Å². The third-order valence-corrected chi connectivity index (χ3v) is 6.98. The number of hydrogen-bond acceptors (Lipinski definition) is 7. The highest BCUT2D eigenvalue weighted by Gasteiger charge is 2.16. The van der Waals surface area contributed by atoms with Gasteiger partial charge in [-0.05, 0) is 29.8 Å². The van der Waals surface area contributed by atoms with E-state index in [0.29, 0.717) is 12.3 Å². The number of ether oxygens (including phenoxy) is 1. The second-order valence-electron chi connectivity index (χ2n) is 7.25. The molecule has 164 valence electrons. The highest BCUT2D eigenvalue weighted by Crippen LogP contribution is 2.33. The third-order valence-electron chi connectivity index (χ3n) is 5.06. The number of methoxy groups -OCH3 is 1. The molecule has 0 spiro atoms. The third kappa shape index (κ3) is 4.81. The molecule has 5 aromatic rings. The molecule has 0 aliphatic carbocycles. The average Bonchev–Trinajstić information content (AvgIpc) is 3.51. The predicted molar refractivity (Wildman–Crippen MR) is 132 cm³/mol. The molecule has 33 heavy (non-hydrogen) atoms. The fraction of sp³-hybridized carbons (Fsp3) is 0.120. The monoisotopic (exact) mass is 471 g/mol. The molecule has 0 N–H and O–H groups in total. The van der Waals surface area contributed by atoms with Crippen LogP contribution in [0.4, 0.5) is 0 Å². The van der Waals surface area contributed by atoms with Crippen molar-refractivity contribution in [3.8, 4) is 27.7 Å². The molecule has 0 aliphatic rings. The van der Waals surface area contributed by atoms with Crippen LogP contribution in [0.1, 0.15) is 11.3 Å². The molecule has 5 rings (SSSR count). The van der Waals surface area contributed by atoms with Crippen molar-refractivity contribution in [2.24, 2.45) is 0 Å². The maximum atomic E-state index is 5.49. The van der Waals surface area contributed by atoms with Gasteiger partial charge in [0.15, 0.2) is 11.0 Å². The van der Waals surface area contributed by atoms with Crippen molar-refractivity contribution in [2.75, 3.05) is 7.11 Å². The lowest BCUT2D eigenvalue weighted by Crippen LogP contribution is -2.04. The molecule has 3 heterocycles. The maximum absolute atomic E-state index is 5.49. The van der Waals surface area contributed by atoms with E-state index in [1.165, 1.54) is 5.56 Å². The van der Waals surface area contributed by atoms with Gasteiger partial charge in [-0.3, -0.25) is 9.55 Å². The zero-order valence-electron chi connectivity index (χ0n) is 18.0. The van der Waals surface area contributed by atoms with Gasteiger partial charge in [0.2, 0.25) is 0 Å². The quantitative estimate of drug-likeness (QED) is 0.266. The lowest BCUT2D eigenvalue weighted by atomic mass is 10.2. The van der Waals surface area contributed by atoms with E-state index in [0.717, 1.165) is 38.6 Å². The normalized spacial score (nSPS) is 10.9. The molecule has 0 unspecified atom stereocenters. The van der Waals surface area contributed by atoms with Crippen LogP contribution < -0.4 is 4.74 Å². The van der Waals surface area contributed by atoms with Crippen LogP contribution in [0, 0.1) is 0 Å². The van der Waals surface area contributed by atoms with Crippen LogP contribution in [-0.4, -0.2) is 31.8 Å². The van der Waals surface area contributed by atoms with Gasteiger partial charge >= 0.3 is 0 Å². The molecule has 0 radical (unpaired) electrons. The Balaban J connectivity index is 1.40. The molecule has 2 aromatic carbocycles. The van der Waals surface area contributed by atoms with Crippen molar-refractivity contribution in [3.63, 3.8) is 0 Å². The Morgan fingerprint density at radius 3 is 2.64 bits per heavy atom. The van der Waals surface area contributed by atoms with E-state index in [4.69, 9.17) is 9.72 Å². The summed E-state index contributed by atoms with van der Waals surface area (Å²) in [5.41, 5.74) is 4.15. The molecular weight excluding hydrogens is 450 g/mol. The van der Waals surface area contributed by atoms with Gasteiger partial charge in [0.25, 0.3) is 0 Å². The Bertz CT molecular complexity index is 1340. The van der Waals surface area contributed by atoms with Gasteiger partial charge in [-0.25, -0.2) is 4.98 Å². The Labute approximate surface area is 200 Å². The second-order valence-corrected chi connectivity index (χ2v) is 9.05. The van der Waals surface area contributed by atoms with Gasteiger partial charge in [0.05, 0.1) is 24.9 Å². The van der Waals surface area contributed by atoms with E-state index < -0.39 is 0 Å². The summed E-state index contributed by atoms with van der Waals surface area (Å²) in [6, 6.07) is 22.2. The van der Waals surface area contributed by atoms with Gasteiger partial charge in [-0.1, -0.05) is 54.2 Å². The summed E-state index contributed by atoms with van der Waals surface area (Å²) in [4.78, 5) is 9.08. The number of thiazole rings is 1. The van der Waals surface area contributed by atoms with Gasteiger partial charge in [0, 0.05) is 29.1 Å². The molecule has 8 heteroatoms. The van der Waals surface area contributed by atoms with Gasteiger partial charge in [-0.15, -0.1) is 21.5 Å². The first-order valence-corrected chi connectivity index (χ1v) is 12.3. The van der Waals surface area contributed by atoms with Crippen molar-refractivity contribution in [1.29, 1.82) is 0 Å². The Kier molecular flexibility index (Phi) is 6.46. The van der Waals surface area contributed by atoms with Crippen molar-refractivity contribution in [2.45, 2.75) is 17.5 Å². The van der Waals surface area contributed by atoms with Crippen molar-refractivity contribution in [1.82, 2.24) is 24.7 Å². The molecule has 3 aromatic heterocycles. The van der Waals surface area contributed by atoms with Crippen molar-refractivity contribution >= 4 is 23.1 Å².